The van der Waals surface area contributed by atoms with Crippen molar-refractivity contribution in [1.29, 1.82) is 0 Å². The molecule has 0 bridgehead atoms. The lowest BCUT2D eigenvalue weighted by molar-refractivity contribution is 0.200. The largest absolute Gasteiger partial charge is 0.324 e. The highest BCUT2D eigenvalue weighted by atomic mass is 32.2. The Balaban J connectivity index is 2.08. The van der Waals surface area contributed by atoms with Crippen LogP contribution < -0.4 is 16.1 Å². The van der Waals surface area contributed by atoms with Crippen LogP contribution in [-0.4, -0.2) is 26.5 Å². The molecule has 0 aliphatic carbocycles. The molecule has 0 unspecified atom stereocenters. The van der Waals surface area contributed by atoms with Gasteiger partial charge in [0.2, 0.25) is 0 Å². The fourth-order valence-corrected chi connectivity index (χ4v) is 3.06. The van der Waals surface area contributed by atoms with Crippen LogP contribution in [0.4, 0.5) is 5.69 Å². The van der Waals surface area contributed by atoms with Crippen molar-refractivity contribution < 1.29 is 8.42 Å². The van der Waals surface area contributed by atoms with E-state index in [0.29, 0.717) is 5.69 Å². The summed E-state index contributed by atoms with van der Waals surface area (Å²) < 4.78 is 24.2. The van der Waals surface area contributed by atoms with Gasteiger partial charge in [0.25, 0.3) is 10.0 Å². The molecular weight excluding hydrogens is 252 g/mol. The van der Waals surface area contributed by atoms with Gasteiger partial charge in [-0.2, -0.15) is 0 Å². The number of nitrogens with one attached hydrogen (secondary N) is 2. The Hall–Kier alpha value is -1.15. The molecule has 0 radical (unpaired) electrons. The predicted molar refractivity (Wildman–Crippen MR) is 70.0 cm³/mol. The summed E-state index contributed by atoms with van der Waals surface area (Å²) in [5, 5.41) is 1.76. The minimum Gasteiger partial charge on any atom is -0.324 e. The molecule has 6 nitrogen and oxygen atoms in total. The molecule has 18 heavy (non-hydrogen) atoms. The van der Waals surface area contributed by atoms with Crippen LogP contribution in [0.25, 0.3) is 0 Å². The second-order valence-corrected chi connectivity index (χ2v) is 5.97. The minimum atomic E-state index is -3.48. The number of anilines is 1. The van der Waals surface area contributed by atoms with Crippen molar-refractivity contribution in [2.24, 2.45) is 5.84 Å². The fourth-order valence-electron chi connectivity index (χ4n) is 1.94. The van der Waals surface area contributed by atoms with Crippen molar-refractivity contribution in [3.05, 3.63) is 24.3 Å². The van der Waals surface area contributed by atoms with Crippen LogP contribution in [0.1, 0.15) is 19.3 Å². The molecule has 1 aliphatic heterocycles. The molecule has 0 atom stereocenters. The topological polar surface area (TPSA) is 87.5 Å². The van der Waals surface area contributed by atoms with E-state index >= 15 is 0 Å². The molecule has 1 heterocycles. The number of hydrogen-bond donors (Lipinski definition) is 3. The zero-order chi connectivity index (χ0) is 13.0. The molecule has 1 aromatic carbocycles. The smallest absolute Gasteiger partial charge is 0.253 e. The molecule has 2 rings (SSSR count). The molecular formula is C11H18N4O2S. The van der Waals surface area contributed by atoms with Gasteiger partial charge in [-0.3, -0.25) is 5.84 Å². The van der Waals surface area contributed by atoms with Crippen molar-refractivity contribution in [2.75, 3.05) is 18.5 Å². The zero-order valence-electron chi connectivity index (χ0n) is 10.1. The van der Waals surface area contributed by atoms with Gasteiger partial charge in [-0.15, -0.1) is 4.83 Å². The maximum Gasteiger partial charge on any atom is 0.253 e. The molecule has 1 aliphatic rings. The van der Waals surface area contributed by atoms with Crippen molar-refractivity contribution in [3.63, 3.8) is 0 Å². The maximum absolute atomic E-state index is 12.1. The van der Waals surface area contributed by atoms with Gasteiger partial charge < -0.3 is 5.43 Å². The van der Waals surface area contributed by atoms with Gasteiger partial charge in [-0.25, -0.2) is 13.4 Å². The molecule has 0 saturated carbocycles. The quantitative estimate of drug-likeness (QED) is 0.552. The SMILES string of the molecule is NNc1ccc(S(=O)(=O)NN2CCCCC2)cc1. The standard InChI is InChI=1S/C11H18N4O2S/c12-13-10-4-6-11(7-5-10)18(16,17)14-15-8-2-1-3-9-15/h4-7,13-14H,1-3,8-9,12H2. The van der Waals surface area contributed by atoms with Crippen LogP contribution in [0.2, 0.25) is 0 Å². The van der Waals surface area contributed by atoms with Gasteiger partial charge in [0, 0.05) is 18.8 Å². The van der Waals surface area contributed by atoms with E-state index in [2.05, 4.69) is 10.3 Å². The van der Waals surface area contributed by atoms with E-state index in [-0.39, 0.29) is 4.90 Å². The summed E-state index contributed by atoms with van der Waals surface area (Å²) in [6.45, 7) is 1.53. The van der Waals surface area contributed by atoms with E-state index in [4.69, 9.17) is 5.84 Å². The molecule has 0 aromatic heterocycles. The zero-order valence-corrected chi connectivity index (χ0v) is 10.9. The lowest BCUT2D eigenvalue weighted by Gasteiger charge is -2.26. The number of nitrogen functional groups attached to an aromatic ring is 1. The highest BCUT2D eigenvalue weighted by molar-refractivity contribution is 7.89. The molecule has 1 aromatic rings. The molecule has 4 N–H and O–H groups in total. The molecule has 1 saturated heterocycles. The van der Waals surface area contributed by atoms with Crippen LogP contribution in [0.5, 0.6) is 0 Å². The van der Waals surface area contributed by atoms with Crippen LogP contribution in [0.15, 0.2) is 29.2 Å². The molecule has 0 amide bonds. The number of rotatable bonds is 4. The Labute approximate surface area is 107 Å². The van der Waals surface area contributed by atoms with Gasteiger partial charge in [0.15, 0.2) is 0 Å². The number of nitrogens with two attached hydrogens (primary N) is 1. The van der Waals surface area contributed by atoms with Gasteiger partial charge in [0.05, 0.1) is 4.90 Å². The minimum absolute atomic E-state index is 0.243. The summed E-state index contributed by atoms with van der Waals surface area (Å²) >= 11 is 0. The lowest BCUT2D eigenvalue weighted by atomic mass is 10.2. The molecule has 0 spiro atoms. The van der Waals surface area contributed by atoms with E-state index in [1.165, 1.54) is 12.1 Å². The van der Waals surface area contributed by atoms with Crippen molar-refractivity contribution in [1.82, 2.24) is 9.84 Å². The monoisotopic (exact) mass is 270 g/mol. The maximum atomic E-state index is 12.1. The summed E-state index contributed by atoms with van der Waals surface area (Å²) in [5.74, 6) is 5.24. The summed E-state index contributed by atoms with van der Waals surface area (Å²) in [6, 6.07) is 6.32. The second-order valence-electron chi connectivity index (χ2n) is 4.31. The highest BCUT2D eigenvalue weighted by Gasteiger charge is 2.19. The number of piperidine rings is 1. The number of sulfonamides is 1. The average Bonchev–Trinajstić information content (AvgIpc) is 2.39. The first-order valence-corrected chi connectivity index (χ1v) is 7.44. The third kappa shape index (κ3) is 3.20. The number of nitrogens with zero attached hydrogens (tertiary/aromatic N) is 1. The average molecular weight is 270 g/mol. The highest BCUT2D eigenvalue weighted by Crippen LogP contribution is 2.14. The first-order valence-electron chi connectivity index (χ1n) is 5.96. The fraction of sp³-hybridized carbons (Fsp3) is 0.455. The van der Waals surface area contributed by atoms with E-state index in [1.54, 1.807) is 17.1 Å². The number of hydrazine groups is 2. The number of hydrogen-bond acceptors (Lipinski definition) is 5. The van der Waals surface area contributed by atoms with Gasteiger partial charge >= 0.3 is 0 Å². The first-order chi connectivity index (χ1) is 8.62. The summed E-state index contributed by atoms with van der Waals surface area (Å²) in [6.07, 6.45) is 3.21. The van der Waals surface area contributed by atoms with Crippen LogP contribution in [0, 0.1) is 0 Å². The molecule has 1 fully saturated rings. The van der Waals surface area contributed by atoms with Crippen LogP contribution >= 0.6 is 0 Å². The van der Waals surface area contributed by atoms with Crippen LogP contribution in [0.3, 0.4) is 0 Å². The lowest BCUT2D eigenvalue weighted by Crippen LogP contribution is -2.44. The Morgan fingerprint density at radius 2 is 1.67 bits per heavy atom. The third-order valence-electron chi connectivity index (χ3n) is 2.94. The summed E-state index contributed by atoms with van der Waals surface area (Å²) in [5.41, 5.74) is 3.13. The van der Waals surface area contributed by atoms with E-state index < -0.39 is 10.0 Å². The van der Waals surface area contributed by atoms with E-state index in [1.807, 2.05) is 0 Å². The Morgan fingerprint density at radius 1 is 1.06 bits per heavy atom. The van der Waals surface area contributed by atoms with E-state index in [0.717, 1.165) is 32.4 Å². The van der Waals surface area contributed by atoms with Crippen molar-refractivity contribution >= 4 is 15.7 Å². The first kappa shape index (κ1) is 13.3. The predicted octanol–water partition coefficient (Wildman–Crippen LogP) is 0.651. The summed E-state index contributed by atoms with van der Waals surface area (Å²) in [4.78, 5) is 2.85. The van der Waals surface area contributed by atoms with Crippen LogP contribution in [-0.2, 0) is 10.0 Å². The van der Waals surface area contributed by atoms with E-state index in [9.17, 15) is 8.42 Å². The van der Waals surface area contributed by atoms with Gasteiger partial charge in [-0.1, -0.05) is 6.42 Å². The second kappa shape index (κ2) is 5.66. The van der Waals surface area contributed by atoms with Gasteiger partial charge in [0.1, 0.15) is 0 Å². The Bertz CT molecular complexity index is 480. The molecule has 100 valence electrons. The van der Waals surface area contributed by atoms with Gasteiger partial charge in [-0.05, 0) is 37.1 Å². The Morgan fingerprint density at radius 3 is 2.22 bits per heavy atom. The third-order valence-corrected chi connectivity index (χ3v) is 4.33. The molecule has 7 heteroatoms. The normalized spacial score (nSPS) is 17.6. The number of benzene rings is 1. The van der Waals surface area contributed by atoms with Crippen molar-refractivity contribution in [2.45, 2.75) is 24.2 Å². The summed E-state index contributed by atoms with van der Waals surface area (Å²) in [7, 11) is -3.48. The Kier molecular flexibility index (Phi) is 4.18. The van der Waals surface area contributed by atoms with Crippen molar-refractivity contribution in [3.8, 4) is 0 Å².